The van der Waals surface area contributed by atoms with Crippen molar-refractivity contribution in [1.82, 2.24) is 14.2 Å². The Morgan fingerprint density at radius 3 is 2.59 bits per heavy atom. The molecule has 22 heavy (non-hydrogen) atoms. The summed E-state index contributed by atoms with van der Waals surface area (Å²) in [6.07, 6.45) is 2.96. The molecule has 0 aromatic carbocycles. The van der Waals surface area contributed by atoms with E-state index in [1.807, 2.05) is 0 Å². The maximum Gasteiger partial charge on any atom is 0.244 e. The largest absolute Gasteiger partial charge is 0.382 e. The fourth-order valence-corrected chi connectivity index (χ4v) is 3.67. The molecule has 0 aliphatic carbocycles. The lowest BCUT2D eigenvalue weighted by molar-refractivity contribution is 0.0519. The first-order valence-corrected chi connectivity index (χ1v) is 8.78. The Kier molecular flexibility index (Phi) is 6.71. The molecule has 0 radical (unpaired) electrons. The van der Waals surface area contributed by atoms with Crippen LogP contribution in [0.1, 0.15) is 0 Å². The van der Waals surface area contributed by atoms with Crippen LogP contribution >= 0.6 is 0 Å². The van der Waals surface area contributed by atoms with Gasteiger partial charge in [0.25, 0.3) is 0 Å². The maximum absolute atomic E-state index is 12.5. The fraction of sp³-hybridized carbons (Fsp3) is 0.643. The van der Waals surface area contributed by atoms with Gasteiger partial charge in [0.1, 0.15) is 4.90 Å². The van der Waals surface area contributed by atoms with Crippen LogP contribution < -0.4 is 0 Å². The zero-order valence-corrected chi connectivity index (χ0v) is 13.7. The van der Waals surface area contributed by atoms with Crippen molar-refractivity contribution in [3.63, 3.8) is 0 Å². The maximum atomic E-state index is 12.5. The smallest absolute Gasteiger partial charge is 0.244 e. The molecule has 7 nitrogen and oxygen atoms in total. The van der Waals surface area contributed by atoms with Gasteiger partial charge >= 0.3 is 0 Å². The molecule has 8 heteroatoms. The average molecular weight is 329 g/mol. The van der Waals surface area contributed by atoms with Crippen molar-refractivity contribution < 1.29 is 17.9 Å². The van der Waals surface area contributed by atoms with Crippen molar-refractivity contribution in [3.05, 3.63) is 24.5 Å². The van der Waals surface area contributed by atoms with Crippen LogP contribution in [-0.4, -0.2) is 82.3 Å². The third kappa shape index (κ3) is 4.72. The van der Waals surface area contributed by atoms with Crippen molar-refractivity contribution >= 4 is 10.0 Å². The van der Waals surface area contributed by atoms with Gasteiger partial charge in [-0.05, 0) is 12.1 Å². The van der Waals surface area contributed by atoms with E-state index in [4.69, 9.17) is 9.47 Å². The van der Waals surface area contributed by atoms with Gasteiger partial charge in [-0.15, -0.1) is 0 Å². The number of ether oxygens (including phenoxy) is 2. The van der Waals surface area contributed by atoms with E-state index in [0.717, 1.165) is 6.54 Å². The predicted molar refractivity (Wildman–Crippen MR) is 82.1 cm³/mol. The first-order chi connectivity index (χ1) is 10.6. The Morgan fingerprint density at radius 1 is 1.18 bits per heavy atom. The number of sulfonamides is 1. The molecule has 2 heterocycles. The van der Waals surface area contributed by atoms with Gasteiger partial charge in [-0.2, -0.15) is 4.31 Å². The summed E-state index contributed by atoms with van der Waals surface area (Å²) in [6, 6.07) is 3.22. The number of rotatable bonds is 8. The molecule has 1 aromatic rings. The summed E-state index contributed by atoms with van der Waals surface area (Å²) in [6.45, 7) is 5.05. The van der Waals surface area contributed by atoms with E-state index >= 15 is 0 Å². The Balaban J connectivity index is 1.77. The van der Waals surface area contributed by atoms with Crippen LogP contribution in [0.15, 0.2) is 29.4 Å². The molecule has 0 spiro atoms. The number of pyridine rings is 1. The summed E-state index contributed by atoms with van der Waals surface area (Å²) < 4.78 is 36.8. The summed E-state index contributed by atoms with van der Waals surface area (Å²) in [5.41, 5.74) is 0. The highest BCUT2D eigenvalue weighted by atomic mass is 32.2. The van der Waals surface area contributed by atoms with E-state index < -0.39 is 10.0 Å². The Hall–Kier alpha value is -1.06. The van der Waals surface area contributed by atoms with Gasteiger partial charge < -0.3 is 9.47 Å². The summed E-state index contributed by atoms with van der Waals surface area (Å²) >= 11 is 0. The number of aromatic nitrogens is 1. The molecule has 1 saturated heterocycles. The summed E-state index contributed by atoms with van der Waals surface area (Å²) in [5.74, 6) is 0. The number of nitrogens with zero attached hydrogens (tertiary/aromatic N) is 3. The predicted octanol–water partition coefficient (Wildman–Crippen LogP) is 0.0509. The molecule has 124 valence electrons. The van der Waals surface area contributed by atoms with E-state index in [1.165, 1.54) is 10.5 Å². The van der Waals surface area contributed by atoms with E-state index in [2.05, 4.69) is 9.88 Å². The molecular weight excluding hydrogens is 306 g/mol. The molecule has 0 bridgehead atoms. The Bertz CT molecular complexity index is 530. The number of methoxy groups -OCH3 is 1. The van der Waals surface area contributed by atoms with Crippen LogP contribution in [0.2, 0.25) is 0 Å². The van der Waals surface area contributed by atoms with Crippen LogP contribution in [0.3, 0.4) is 0 Å². The van der Waals surface area contributed by atoms with E-state index in [-0.39, 0.29) is 4.90 Å². The zero-order valence-electron chi connectivity index (χ0n) is 12.8. The van der Waals surface area contributed by atoms with E-state index in [0.29, 0.717) is 46.0 Å². The van der Waals surface area contributed by atoms with Gasteiger partial charge in [0.15, 0.2) is 0 Å². The van der Waals surface area contributed by atoms with Gasteiger partial charge in [-0.25, -0.2) is 8.42 Å². The minimum Gasteiger partial charge on any atom is -0.382 e. The summed E-state index contributed by atoms with van der Waals surface area (Å²) in [7, 11) is -1.78. The van der Waals surface area contributed by atoms with Crippen molar-refractivity contribution in [2.45, 2.75) is 4.90 Å². The molecule has 1 fully saturated rings. The second-order valence-electron chi connectivity index (χ2n) is 5.04. The van der Waals surface area contributed by atoms with Gasteiger partial charge in [0, 0.05) is 52.2 Å². The van der Waals surface area contributed by atoms with Crippen LogP contribution in [0.5, 0.6) is 0 Å². The normalized spacial score (nSPS) is 17.7. The SMILES string of the molecule is COCCOCCN1CCN(S(=O)(=O)c2cccnc2)CC1. The quantitative estimate of drug-likeness (QED) is 0.628. The van der Waals surface area contributed by atoms with Crippen molar-refractivity contribution in [2.24, 2.45) is 0 Å². The third-order valence-corrected chi connectivity index (χ3v) is 5.47. The van der Waals surface area contributed by atoms with Crippen LogP contribution in [0.25, 0.3) is 0 Å². The van der Waals surface area contributed by atoms with Gasteiger partial charge in [-0.3, -0.25) is 9.88 Å². The van der Waals surface area contributed by atoms with Crippen LogP contribution in [-0.2, 0) is 19.5 Å². The topological polar surface area (TPSA) is 72.0 Å². The Labute approximate surface area is 131 Å². The minimum atomic E-state index is -3.42. The molecule has 1 aromatic heterocycles. The number of hydrogen-bond acceptors (Lipinski definition) is 6. The average Bonchev–Trinajstić information content (AvgIpc) is 2.56. The number of piperazine rings is 1. The second kappa shape index (κ2) is 8.54. The molecule has 1 aliphatic heterocycles. The summed E-state index contributed by atoms with van der Waals surface area (Å²) in [4.78, 5) is 6.35. The first-order valence-electron chi connectivity index (χ1n) is 7.34. The lowest BCUT2D eigenvalue weighted by Crippen LogP contribution is -2.49. The molecule has 0 atom stereocenters. The lowest BCUT2D eigenvalue weighted by atomic mass is 10.3. The van der Waals surface area contributed by atoms with Crippen molar-refractivity contribution in [3.8, 4) is 0 Å². The molecule has 0 unspecified atom stereocenters. The first kappa shape index (κ1) is 17.3. The van der Waals surface area contributed by atoms with Gasteiger partial charge in [0.05, 0.1) is 19.8 Å². The van der Waals surface area contributed by atoms with Crippen molar-refractivity contribution in [2.75, 3.05) is 59.7 Å². The summed E-state index contributed by atoms with van der Waals surface area (Å²) in [5, 5.41) is 0. The molecule has 0 amide bonds. The lowest BCUT2D eigenvalue weighted by Gasteiger charge is -2.33. The Morgan fingerprint density at radius 2 is 1.95 bits per heavy atom. The highest BCUT2D eigenvalue weighted by molar-refractivity contribution is 7.89. The second-order valence-corrected chi connectivity index (χ2v) is 6.98. The number of hydrogen-bond donors (Lipinski definition) is 0. The van der Waals surface area contributed by atoms with Gasteiger partial charge in [0.2, 0.25) is 10.0 Å². The van der Waals surface area contributed by atoms with E-state index in [9.17, 15) is 8.42 Å². The standard InChI is InChI=1S/C14H23N3O4S/c1-20-11-12-21-10-9-16-5-7-17(8-6-16)22(18,19)14-3-2-4-15-13-14/h2-4,13H,5-12H2,1H3. The molecule has 2 rings (SSSR count). The van der Waals surface area contributed by atoms with Crippen molar-refractivity contribution in [1.29, 1.82) is 0 Å². The molecule has 1 aliphatic rings. The molecular formula is C14H23N3O4S. The third-order valence-electron chi connectivity index (χ3n) is 3.59. The monoisotopic (exact) mass is 329 g/mol. The highest BCUT2D eigenvalue weighted by Crippen LogP contribution is 2.16. The molecule has 0 saturated carbocycles. The van der Waals surface area contributed by atoms with Gasteiger partial charge in [-0.1, -0.05) is 0 Å². The molecule has 0 N–H and O–H groups in total. The van der Waals surface area contributed by atoms with Crippen LogP contribution in [0, 0.1) is 0 Å². The van der Waals surface area contributed by atoms with Crippen LogP contribution in [0.4, 0.5) is 0 Å². The minimum absolute atomic E-state index is 0.256. The van der Waals surface area contributed by atoms with E-state index in [1.54, 1.807) is 25.4 Å². The zero-order chi connectivity index (χ0) is 15.8. The fourth-order valence-electron chi connectivity index (χ4n) is 2.28. The highest BCUT2D eigenvalue weighted by Gasteiger charge is 2.28.